The van der Waals surface area contributed by atoms with Gasteiger partial charge in [-0.25, -0.2) is 0 Å². The zero-order valence-corrected chi connectivity index (χ0v) is 10.3. The Morgan fingerprint density at radius 3 is 2.14 bits per heavy atom. The van der Waals surface area contributed by atoms with Gasteiger partial charge in [0.25, 0.3) is 0 Å². The van der Waals surface area contributed by atoms with Crippen LogP contribution in [0.1, 0.15) is 41.0 Å². The third kappa shape index (κ3) is 1.45. The molecule has 1 aliphatic rings. The molecule has 3 atom stereocenters. The van der Waals surface area contributed by atoms with E-state index in [0.717, 1.165) is 6.42 Å². The SMILES string of the molecule is C=CCC1(C)C(C)C=CC(C)C1(C)C. The Hall–Kier alpha value is -0.520. The summed E-state index contributed by atoms with van der Waals surface area (Å²) >= 11 is 0. The van der Waals surface area contributed by atoms with Crippen LogP contribution in [0.3, 0.4) is 0 Å². The molecule has 3 unspecified atom stereocenters. The summed E-state index contributed by atoms with van der Waals surface area (Å²) in [5.74, 6) is 1.30. The molecule has 0 fully saturated rings. The second-order valence-corrected chi connectivity index (χ2v) is 5.59. The van der Waals surface area contributed by atoms with Crippen LogP contribution in [-0.4, -0.2) is 0 Å². The van der Waals surface area contributed by atoms with E-state index in [9.17, 15) is 0 Å². The highest BCUT2D eigenvalue weighted by molar-refractivity contribution is 5.13. The van der Waals surface area contributed by atoms with Gasteiger partial charge in [-0.3, -0.25) is 0 Å². The Morgan fingerprint density at radius 1 is 1.14 bits per heavy atom. The lowest BCUT2D eigenvalue weighted by Crippen LogP contribution is -2.45. The summed E-state index contributed by atoms with van der Waals surface area (Å²) in [7, 11) is 0. The number of hydrogen-bond donors (Lipinski definition) is 0. The highest BCUT2D eigenvalue weighted by Gasteiger charge is 2.47. The molecule has 0 aromatic heterocycles. The fourth-order valence-corrected chi connectivity index (χ4v) is 2.64. The first kappa shape index (κ1) is 11.6. The number of rotatable bonds is 2. The first-order valence-electron chi connectivity index (χ1n) is 5.65. The van der Waals surface area contributed by atoms with E-state index in [0.29, 0.717) is 22.7 Å². The van der Waals surface area contributed by atoms with Crippen molar-refractivity contribution in [1.82, 2.24) is 0 Å². The van der Waals surface area contributed by atoms with Gasteiger partial charge in [-0.2, -0.15) is 0 Å². The molecule has 1 aliphatic carbocycles. The molecule has 80 valence electrons. The highest BCUT2D eigenvalue weighted by atomic mass is 14.5. The maximum absolute atomic E-state index is 3.90. The average Bonchev–Trinajstić information content (AvgIpc) is 2.11. The lowest BCUT2D eigenvalue weighted by Gasteiger charge is -2.53. The van der Waals surface area contributed by atoms with Gasteiger partial charge in [0.05, 0.1) is 0 Å². The maximum atomic E-state index is 3.90. The Labute approximate surface area is 89.1 Å². The maximum Gasteiger partial charge on any atom is -0.0175 e. The predicted molar refractivity (Wildman–Crippen MR) is 64.2 cm³/mol. The predicted octanol–water partition coefficient (Wildman–Crippen LogP) is 4.44. The molecular weight excluding hydrogens is 168 g/mol. The molecule has 0 aliphatic heterocycles. The molecular formula is C14H24. The van der Waals surface area contributed by atoms with Crippen LogP contribution in [-0.2, 0) is 0 Å². The van der Waals surface area contributed by atoms with Crippen LogP contribution in [0.25, 0.3) is 0 Å². The quantitative estimate of drug-likeness (QED) is 0.567. The molecule has 0 saturated heterocycles. The molecule has 0 amide bonds. The van der Waals surface area contributed by atoms with E-state index in [4.69, 9.17) is 0 Å². The standard InChI is InChI=1S/C14H24/c1-7-10-14(6)12(3)9-8-11(2)13(14,4)5/h7-9,11-12H,1,10H2,2-6H3. The van der Waals surface area contributed by atoms with E-state index in [2.05, 4.69) is 59.4 Å². The van der Waals surface area contributed by atoms with E-state index < -0.39 is 0 Å². The summed E-state index contributed by atoms with van der Waals surface area (Å²) in [6, 6.07) is 0. The van der Waals surface area contributed by atoms with Gasteiger partial charge in [0.2, 0.25) is 0 Å². The molecule has 0 nitrogen and oxygen atoms in total. The largest absolute Gasteiger partial charge is 0.103 e. The van der Waals surface area contributed by atoms with Crippen molar-refractivity contribution in [1.29, 1.82) is 0 Å². The topological polar surface area (TPSA) is 0 Å². The summed E-state index contributed by atoms with van der Waals surface area (Å²) < 4.78 is 0. The van der Waals surface area contributed by atoms with Crippen molar-refractivity contribution in [2.24, 2.45) is 22.7 Å². The average molecular weight is 192 g/mol. The Kier molecular flexibility index (Phi) is 2.94. The van der Waals surface area contributed by atoms with E-state index in [1.54, 1.807) is 0 Å². The zero-order chi connectivity index (χ0) is 11.0. The van der Waals surface area contributed by atoms with Crippen molar-refractivity contribution in [2.75, 3.05) is 0 Å². The van der Waals surface area contributed by atoms with Crippen LogP contribution in [0.15, 0.2) is 24.8 Å². The second kappa shape index (κ2) is 3.56. The molecule has 0 aromatic rings. The number of allylic oxidation sites excluding steroid dienone is 3. The molecule has 0 saturated carbocycles. The van der Waals surface area contributed by atoms with E-state index in [1.165, 1.54) is 0 Å². The van der Waals surface area contributed by atoms with Gasteiger partial charge >= 0.3 is 0 Å². The van der Waals surface area contributed by atoms with Crippen LogP contribution in [0.4, 0.5) is 0 Å². The molecule has 0 bridgehead atoms. The van der Waals surface area contributed by atoms with Crippen molar-refractivity contribution in [2.45, 2.75) is 41.0 Å². The van der Waals surface area contributed by atoms with Crippen LogP contribution < -0.4 is 0 Å². The monoisotopic (exact) mass is 192 g/mol. The minimum absolute atomic E-state index is 0.350. The van der Waals surface area contributed by atoms with Crippen LogP contribution in [0.2, 0.25) is 0 Å². The Balaban J connectivity index is 3.11. The fourth-order valence-electron chi connectivity index (χ4n) is 2.64. The smallest absolute Gasteiger partial charge is 0.0175 e. The summed E-state index contributed by atoms with van der Waals surface area (Å²) in [6.45, 7) is 15.7. The molecule has 0 radical (unpaired) electrons. The first-order valence-corrected chi connectivity index (χ1v) is 5.65. The molecule has 0 heteroatoms. The van der Waals surface area contributed by atoms with Crippen LogP contribution >= 0.6 is 0 Å². The van der Waals surface area contributed by atoms with Gasteiger partial charge in [-0.1, -0.05) is 52.8 Å². The van der Waals surface area contributed by atoms with Crippen molar-refractivity contribution in [3.8, 4) is 0 Å². The minimum atomic E-state index is 0.350. The minimum Gasteiger partial charge on any atom is -0.103 e. The normalized spacial score (nSPS) is 40.9. The summed E-state index contributed by atoms with van der Waals surface area (Å²) in [6.07, 6.45) is 7.93. The van der Waals surface area contributed by atoms with E-state index in [1.807, 2.05) is 0 Å². The molecule has 0 N–H and O–H groups in total. The highest BCUT2D eigenvalue weighted by Crippen LogP contribution is 2.55. The molecule has 0 heterocycles. The summed E-state index contributed by atoms with van der Waals surface area (Å²) in [4.78, 5) is 0. The van der Waals surface area contributed by atoms with Crippen LogP contribution in [0, 0.1) is 22.7 Å². The van der Waals surface area contributed by atoms with Gasteiger partial charge < -0.3 is 0 Å². The van der Waals surface area contributed by atoms with Gasteiger partial charge in [0.1, 0.15) is 0 Å². The van der Waals surface area contributed by atoms with Crippen molar-refractivity contribution < 1.29 is 0 Å². The third-order valence-corrected chi connectivity index (χ3v) is 4.87. The molecule has 0 spiro atoms. The Morgan fingerprint density at radius 2 is 1.64 bits per heavy atom. The number of hydrogen-bond acceptors (Lipinski definition) is 0. The molecule has 1 rings (SSSR count). The van der Waals surface area contributed by atoms with Crippen LogP contribution in [0.5, 0.6) is 0 Å². The van der Waals surface area contributed by atoms with E-state index >= 15 is 0 Å². The summed E-state index contributed by atoms with van der Waals surface area (Å²) in [5, 5.41) is 0. The molecule has 0 aromatic carbocycles. The van der Waals surface area contributed by atoms with Gasteiger partial charge in [0, 0.05) is 0 Å². The van der Waals surface area contributed by atoms with E-state index in [-0.39, 0.29) is 0 Å². The van der Waals surface area contributed by atoms with Gasteiger partial charge in [0.15, 0.2) is 0 Å². The first-order chi connectivity index (χ1) is 6.36. The van der Waals surface area contributed by atoms with Gasteiger partial charge in [-0.05, 0) is 29.1 Å². The fraction of sp³-hybridized carbons (Fsp3) is 0.714. The molecule has 14 heavy (non-hydrogen) atoms. The summed E-state index contributed by atoms with van der Waals surface area (Å²) in [5.41, 5.74) is 0.707. The Bertz CT molecular complexity index is 247. The lowest BCUT2D eigenvalue weighted by molar-refractivity contribution is 0.00726. The lowest BCUT2D eigenvalue weighted by atomic mass is 9.52. The van der Waals surface area contributed by atoms with Crippen molar-refractivity contribution in [3.05, 3.63) is 24.8 Å². The van der Waals surface area contributed by atoms with Crippen molar-refractivity contribution in [3.63, 3.8) is 0 Å². The van der Waals surface area contributed by atoms with Crippen molar-refractivity contribution >= 4 is 0 Å². The van der Waals surface area contributed by atoms with Gasteiger partial charge in [-0.15, -0.1) is 6.58 Å². The third-order valence-electron chi connectivity index (χ3n) is 4.87. The second-order valence-electron chi connectivity index (χ2n) is 5.59. The zero-order valence-electron chi connectivity index (χ0n) is 10.3.